The summed E-state index contributed by atoms with van der Waals surface area (Å²) in [6.45, 7) is 1.66. The minimum atomic E-state index is -3.61. The SMILES string of the molecule is CC(Oc1cccc(F)c1)C(=O)NCCNS(=O)(=O)c1ccccc1. The summed E-state index contributed by atoms with van der Waals surface area (Å²) in [4.78, 5) is 12.1. The van der Waals surface area contributed by atoms with Crippen LogP contribution in [-0.4, -0.2) is 33.5 Å². The monoisotopic (exact) mass is 366 g/mol. The Balaban J connectivity index is 1.76. The lowest BCUT2D eigenvalue weighted by Gasteiger charge is -2.15. The van der Waals surface area contributed by atoms with Crippen molar-refractivity contribution < 1.29 is 22.3 Å². The highest BCUT2D eigenvalue weighted by Gasteiger charge is 2.16. The van der Waals surface area contributed by atoms with Crippen LogP contribution in [0.2, 0.25) is 0 Å². The Morgan fingerprint density at radius 1 is 1.12 bits per heavy atom. The van der Waals surface area contributed by atoms with Crippen LogP contribution in [0.4, 0.5) is 4.39 Å². The van der Waals surface area contributed by atoms with E-state index in [0.29, 0.717) is 0 Å². The van der Waals surface area contributed by atoms with E-state index >= 15 is 0 Å². The number of halogens is 1. The van der Waals surface area contributed by atoms with Crippen LogP contribution in [0.1, 0.15) is 6.92 Å². The van der Waals surface area contributed by atoms with E-state index in [1.54, 1.807) is 24.3 Å². The molecule has 2 rings (SSSR count). The van der Waals surface area contributed by atoms with Crippen molar-refractivity contribution in [2.45, 2.75) is 17.9 Å². The molecule has 8 heteroatoms. The summed E-state index contributed by atoms with van der Waals surface area (Å²) in [6.07, 6.45) is -0.840. The van der Waals surface area contributed by atoms with Crippen LogP contribution in [0.15, 0.2) is 59.5 Å². The van der Waals surface area contributed by atoms with Gasteiger partial charge in [-0.3, -0.25) is 4.79 Å². The fourth-order valence-corrected chi connectivity index (χ4v) is 3.05. The van der Waals surface area contributed by atoms with E-state index in [0.717, 1.165) is 0 Å². The molecule has 1 unspecified atom stereocenters. The van der Waals surface area contributed by atoms with Crippen molar-refractivity contribution in [3.05, 3.63) is 60.4 Å². The van der Waals surface area contributed by atoms with Crippen molar-refractivity contribution in [1.82, 2.24) is 10.0 Å². The van der Waals surface area contributed by atoms with Gasteiger partial charge in [-0.2, -0.15) is 0 Å². The summed E-state index contributed by atoms with van der Waals surface area (Å²) >= 11 is 0. The van der Waals surface area contributed by atoms with Gasteiger partial charge in [0.25, 0.3) is 5.91 Å². The molecule has 25 heavy (non-hydrogen) atoms. The molecule has 0 heterocycles. The van der Waals surface area contributed by atoms with Crippen LogP contribution >= 0.6 is 0 Å². The van der Waals surface area contributed by atoms with E-state index in [2.05, 4.69) is 10.0 Å². The number of carbonyl (C=O) groups excluding carboxylic acids is 1. The largest absolute Gasteiger partial charge is 0.481 e. The zero-order valence-corrected chi connectivity index (χ0v) is 14.4. The molecule has 6 nitrogen and oxygen atoms in total. The van der Waals surface area contributed by atoms with Crippen LogP contribution in [-0.2, 0) is 14.8 Å². The smallest absolute Gasteiger partial charge is 0.260 e. The Morgan fingerprint density at radius 2 is 1.84 bits per heavy atom. The Labute approximate surface area is 146 Å². The maximum absolute atomic E-state index is 13.1. The van der Waals surface area contributed by atoms with Gasteiger partial charge in [-0.1, -0.05) is 24.3 Å². The normalized spacial score (nSPS) is 12.4. The molecule has 0 bridgehead atoms. The van der Waals surface area contributed by atoms with E-state index in [9.17, 15) is 17.6 Å². The van der Waals surface area contributed by atoms with E-state index < -0.39 is 27.9 Å². The van der Waals surface area contributed by atoms with Crippen molar-refractivity contribution in [2.75, 3.05) is 13.1 Å². The van der Waals surface area contributed by atoms with Crippen LogP contribution < -0.4 is 14.8 Å². The second-order valence-corrected chi connectivity index (χ2v) is 6.99. The molecule has 2 aromatic rings. The first-order valence-corrected chi connectivity index (χ1v) is 9.11. The van der Waals surface area contributed by atoms with Crippen LogP contribution in [0, 0.1) is 5.82 Å². The number of sulfonamides is 1. The van der Waals surface area contributed by atoms with E-state index in [-0.39, 0.29) is 23.7 Å². The molecule has 0 saturated carbocycles. The Hall–Kier alpha value is -2.45. The molecule has 0 fully saturated rings. The Kier molecular flexibility index (Phi) is 6.49. The lowest BCUT2D eigenvalue weighted by Crippen LogP contribution is -2.40. The average Bonchev–Trinajstić information content (AvgIpc) is 2.59. The van der Waals surface area contributed by atoms with Crippen LogP contribution in [0.5, 0.6) is 5.75 Å². The quantitative estimate of drug-likeness (QED) is 0.697. The predicted molar refractivity (Wildman–Crippen MR) is 91.1 cm³/mol. The first kappa shape index (κ1) is 18.9. The highest BCUT2D eigenvalue weighted by atomic mass is 32.2. The number of ether oxygens (including phenoxy) is 1. The van der Waals surface area contributed by atoms with Gasteiger partial charge in [-0.05, 0) is 31.2 Å². The van der Waals surface area contributed by atoms with E-state index in [1.165, 1.54) is 37.3 Å². The van der Waals surface area contributed by atoms with Crippen molar-refractivity contribution in [1.29, 1.82) is 0 Å². The highest BCUT2D eigenvalue weighted by molar-refractivity contribution is 7.89. The molecule has 2 N–H and O–H groups in total. The summed E-state index contributed by atoms with van der Waals surface area (Å²) in [6, 6.07) is 13.4. The molecule has 0 aliphatic rings. The van der Waals surface area contributed by atoms with E-state index in [4.69, 9.17) is 4.74 Å². The molecule has 0 radical (unpaired) electrons. The van der Waals surface area contributed by atoms with Gasteiger partial charge in [0.2, 0.25) is 10.0 Å². The maximum Gasteiger partial charge on any atom is 0.260 e. The molecule has 1 atom stereocenters. The first-order valence-electron chi connectivity index (χ1n) is 7.63. The van der Waals surface area contributed by atoms with Gasteiger partial charge in [0, 0.05) is 19.2 Å². The molecular weight excluding hydrogens is 347 g/mol. The molecule has 0 saturated heterocycles. The number of rotatable bonds is 8. The number of benzene rings is 2. The third-order valence-corrected chi connectivity index (χ3v) is 4.72. The second kappa shape index (κ2) is 8.59. The Morgan fingerprint density at radius 3 is 2.52 bits per heavy atom. The molecule has 134 valence electrons. The molecule has 0 aliphatic heterocycles. The van der Waals surface area contributed by atoms with Gasteiger partial charge >= 0.3 is 0 Å². The average molecular weight is 366 g/mol. The van der Waals surface area contributed by atoms with Gasteiger partial charge in [0.1, 0.15) is 11.6 Å². The lowest BCUT2D eigenvalue weighted by molar-refractivity contribution is -0.127. The zero-order valence-electron chi connectivity index (χ0n) is 13.6. The maximum atomic E-state index is 13.1. The molecule has 0 aliphatic carbocycles. The highest BCUT2D eigenvalue weighted by Crippen LogP contribution is 2.13. The summed E-state index contributed by atoms with van der Waals surface area (Å²) in [5, 5.41) is 2.56. The molecule has 0 spiro atoms. The Bertz CT molecular complexity index is 812. The second-order valence-electron chi connectivity index (χ2n) is 5.22. The van der Waals surface area contributed by atoms with Gasteiger partial charge in [-0.15, -0.1) is 0 Å². The minimum absolute atomic E-state index is 0.0374. The van der Waals surface area contributed by atoms with Gasteiger partial charge in [0.15, 0.2) is 6.10 Å². The minimum Gasteiger partial charge on any atom is -0.481 e. The van der Waals surface area contributed by atoms with Gasteiger partial charge in [0.05, 0.1) is 4.90 Å². The van der Waals surface area contributed by atoms with Crippen LogP contribution in [0.3, 0.4) is 0 Å². The molecular formula is C17H19FN2O4S. The number of nitrogens with one attached hydrogen (secondary N) is 2. The number of hydrogen-bond donors (Lipinski definition) is 2. The fourth-order valence-electron chi connectivity index (χ4n) is 2.00. The number of hydrogen-bond acceptors (Lipinski definition) is 4. The van der Waals surface area contributed by atoms with Crippen molar-refractivity contribution >= 4 is 15.9 Å². The van der Waals surface area contributed by atoms with Crippen LogP contribution in [0.25, 0.3) is 0 Å². The van der Waals surface area contributed by atoms with Crippen molar-refractivity contribution in [3.8, 4) is 5.75 Å². The topological polar surface area (TPSA) is 84.5 Å². The summed E-state index contributed by atoms with van der Waals surface area (Å²) < 4.78 is 44.8. The molecule has 0 aromatic heterocycles. The van der Waals surface area contributed by atoms with Crippen molar-refractivity contribution in [2.24, 2.45) is 0 Å². The molecule has 1 amide bonds. The summed E-state index contributed by atoms with van der Waals surface area (Å²) in [5.41, 5.74) is 0. The third-order valence-electron chi connectivity index (χ3n) is 3.25. The number of carbonyl (C=O) groups is 1. The lowest BCUT2D eigenvalue weighted by atomic mass is 10.3. The summed E-state index contributed by atoms with van der Waals surface area (Å²) in [5.74, 6) is -0.643. The molecule has 2 aromatic carbocycles. The van der Waals surface area contributed by atoms with Gasteiger partial charge in [-0.25, -0.2) is 17.5 Å². The zero-order chi connectivity index (χ0) is 18.3. The van der Waals surface area contributed by atoms with Gasteiger partial charge < -0.3 is 10.1 Å². The third kappa shape index (κ3) is 5.84. The number of amides is 1. The standard InChI is InChI=1S/C17H19FN2O4S/c1-13(24-15-7-5-6-14(18)12-15)17(21)19-10-11-20-25(22,23)16-8-3-2-4-9-16/h2-9,12-13,20H,10-11H2,1H3,(H,19,21). The summed E-state index contributed by atoms with van der Waals surface area (Å²) in [7, 11) is -3.61. The van der Waals surface area contributed by atoms with E-state index in [1.807, 2.05) is 0 Å². The first-order chi connectivity index (χ1) is 11.9. The predicted octanol–water partition coefficient (Wildman–Crippen LogP) is 1.69. The van der Waals surface area contributed by atoms with Crippen molar-refractivity contribution in [3.63, 3.8) is 0 Å². The fraction of sp³-hybridized carbons (Fsp3) is 0.235.